The van der Waals surface area contributed by atoms with Crippen LogP contribution >= 0.6 is 0 Å². The monoisotopic (exact) mass is 455 g/mol. The van der Waals surface area contributed by atoms with Crippen LogP contribution < -0.4 is 9.64 Å². The number of allylic oxidation sites excluding steroid dienone is 2. The van der Waals surface area contributed by atoms with E-state index in [0.717, 1.165) is 10.8 Å². The second kappa shape index (κ2) is 8.59. The number of rotatable bonds is 4. The van der Waals surface area contributed by atoms with Crippen LogP contribution in [0.15, 0.2) is 72.8 Å². The van der Waals surface area contributed by atoms with Gasteiger partial charge >= 0.3 is 11.9 Å². The molecule has 0 spiro atoms. The molecule has 34 heavy (non-hydrogen) atoms. The molecule has 170 valence electrons. The van der Waals surface area contributed by atoms with Crippen LogP contribution in [0.3, 0.4) is 0 Å². The van der Waals surface area contributed by atoms with Gasteiger partial charge in [0.25, 0.3) is 0 Å². The Morgan fingerprint density at radius 3 is 2.00 bits per heavy atom. The number of anilines is 1. The van der Waals surface area contributed by atoms with Gasteiger partial charge in [-0.2, -0.15) is 0 Å². The molecule has 2 amide bonds. The maximum absolute atomic E-state index is 12.7. The Morgan fingerprint density at radius 1 is 0.765 bits per heavy atom. The number of carbonyl (C=O) groups excluding carboxylic acids is 4. The Hall–Kier alpha value is -4.26. The lowest BCUT2D eigenvalue weighted by molar-refractivity contribution is -0.122. The van der Waals surface area contributed by atoms with Gasteiger partial charge < -0.3 is 9.47 Å². The predicted octanol–water partition coefficient (Wildman–Crippen LogP) is 4.30. The third kappa shape index (κ3) is 3.75. The smallest absolute Gasteiger partial charge is 0.343 e. The van der Waals surface area contributed by atoms with Crippen molar-refractivity contribution in [2.24, 2.45) is 11.8 Å². The lowest BCUT2D eigenvalue weighted by atomic mass is 9.85. The number of methoxy groups -OCH3 is 1. The molecule has 0 saturated carbocycles. The Bertz CT molecular complexity index is 1330. The third-order valence-corrected chi connectivity index (χ3v) is 6.31. The number of hydrogen-bond acceptors (Lipinski definition) is 6. The highest BCUT2D eigenvalue weighted by molar-refractivity contribution is 6.22. The average Bonchev–Trinajstić information content (AvgIpc) is 3.13. The van der Waals surface area contributed by atoms with E-state index >= 15 is 0 Å². The van der Waals surface area contributed by atoms with E-state index in [-0.39, 0.29) is 23.7 Å². The minimum Gasteiger partial charge on any atom is -0.465 e. The first-order valence-corrected chi connectivity index (χ1v) is 10.9. The highest BCUT2D eigenvalue weighted by Crippen LogP contribution is 2.37. The van der Waals surface area contributed by atoms with Crippen LogP contribution in [0.5, 0.6) is 5.75 Å². The van der Waals surface area contributed by atoms with Crippen molar-refractivity contribution in [1.29, 1.82) is 0 Å². The molecule has 1 fully saturated rings. The molecule has 2 unspecified atom stereocenters. The van der Waals surface area contributed by atoms with Crippen LogP contribution in [0.4, 0.5) is 5.69 Å². The van der Waals surface area contributed by atoms with Gasteiger partial charge in [-0.15, -0.1) is 0 Å². The normalized spacial score (nSPS) is 19.3. The van der Waals surface area contributed by atoms with E-state index in [9.17, 15) is 19.2 Å². The Balaban J connectivity index is 1.31. The molecule has 1 aliphatic carbocycles. The quantitative estimate of drug-likeness (QED) is 0.252. The molecule has 0 aromatic heterocycles. The van der Waals surface area contributed by atoms with Crippen LogP contribution in [0.25, 0.3) is 10.8 Å². The van der Waals surface area contributed by atoms with Crippen molar-refractivity contribution in [2.75, 3.05) is 12.0 Å². The van der Waals surface area contributed by atoms with Crippen molar-refractivity contribution in [1.82, 2.24) is 0 Å². The van der Waals surface area contributed by atoms with Crippen molar-refractivity contribution in [3.05, 3.63) is 83.9 Å². The topological polar surface area (TPSA) is 90.0 Å². The van der Waals surface area contributed by atoms with Gasteiger partial charge in [-0.3, -0.25) is 14.5 Å². The maximum atomic E-state index is 12.7. The van der Waals surface area contributed by atoms with Gasteiger partial charge in [0.2, 0.25) is 11.8 Å². The molecule has 1 aliphatic heterocycles. The maximum Gasteiger partial charge on any atom is 0.343 e. The van der Waals surface area contributed by atoms with Crippen LogP contribution in [0.1, 0.15) is 33.6 Å². The summed E-state index contributed by atoms with van der Waals surface area (Å²) in [5.41, 5.74) is 1.18. The fraction of sp³-hybridized carbons (Fsp3) is 0.185. The third-order valence-electron chi connectivity index (χ3n) is 6.31. The number of ether oxygens (including phenoxy) is 2. The summed E-state index contributed by atoms with van der Waals surface area (Å²) in [6, 6.07) is 16.5. The molecular formula is C27H21NO6. The van der Waals surface area contributed by atoms with Gasteiger partial charge in [0.1, 0.15) is 5.75 Å². The number of hydrogen-bond donors (Lipinski definition) is 0. The Morgan fingerprint density at radius 2 is 1.35 bits per heavy atom. The van der Waals surface area contributed by atoms with E-state index in [1.54, 1.807) is 60.7 Å². The fourth-order valence-electron chi connectivity index (χ4n) is 4.50. The molecule has 0 bridgehead atoms. The summed E-state index contributed by atoms with van der Waals surface area (Å²) >= 11 is 0. The molecule has 2 aliphatic rings. The van der Waals surface area contributed by atoms with Crippen molar-refractivity contribution in [3.63, 3.8) is 0 Å². The fourth-order valence-corrected chi connectivity index (χ4v) is 4.50. The summed E-state index contributed by atoms with van der Waals surface area (Å²) in [5, 5.41) is 1.61. The summed E-state index contributed by atoms with van der Waals surface area (Å²) in [7, 11) is 1.33. The van der Waals surface area contributed by atoms with Crippen LogP contribution in [-0.2, 0) is 14.3 Å². The van der Waals surface area contributed by atoms with E-state index in [1.807, 2.05) is 12.2 Å². The zero-order chi connectivity index (χ0) is 23.8. The first kappa shape index (κ1) is 21.6. The zero-order valence-corrected chi connectivity index (χ0v) is 18.4. The van der Waals surface area contributed by atoms with Crippen molar-refractivity contribution in [3.8, 4) is 5.75 Å². The zero-order valence-electron chi connectivity index (χ0n) is 18.4. The highest BCUT2D eigenvalue weighted by atomic mass is 16.5. The summed E-state index contributed by atoms with van der Waals surface area (Å²) < 4.78 is 10.2. The number of fused-ring (bicyclic) bond motifs is 2. The molecule has 7 nitrogen and oxygen atoms in total. The molecule has 3 aromatic carbocycles. The summed E-state index contributed by atoms with van der Waals surface area (Å²) in [6.45, 7) is 0. The molecule has 0 radical (unpaired) electrons. The van der Waals surface area contributed by atoms with Crippen LogP contribution in [0, 0.1) is 11.8 Å². The Labute approximate surface area is 195 Å². The van der Waals surface area contributed by atoms with E-state index in [4.69, 9.17) is 9.47 Å². The molecule has 1 heterocycles. The van der Waals surface area contributed by atoms with Gasteiger partial charge in [0, 0.05) is 0 Å². The second-order valence-electron chi connectivity index (χ2n) is 8.32. The molecular weight excluding hydrogens is 434 g/mol. The number of carbonyl (C=O) groups is 4. The van der Waals surface area contributed by atoms with Crippen molar-refractivity contribution in [2.45, 2.75) is 12.8 Å². The number of benzene rings is 3. The van der Waals surface area contributed by atoms with Gasteiger partial charge in [0.15, 0.2) is 0 Å². The number of nitrogens with zero attached hydrogens (tertiary/aromatic N) is 1. The molecule has 2 atom stereocenters. The van der Waals surface area contributed by atoms with Crippen LogP contribution in [-0.4, -0.2) is 30.9 Å². The van der Waals surface area contributed by atoms with E-state index in [2.05, 4.69) is 0 Å². The van der Waals surface area contributed by atoms with Gasteiger partial charge in [-0.25, -0.2) is 9.59 Å². The van der Waals surface area contributed by atoms with Gasteiger partial charge in [-0.1, -0.05) is 24.3 Å². The van der Waals surface area contributed by atoms with E-state index in [1.165, 1.54) is 12.0 Å². The van der Waals surface area contributed by atoms with E-state index < -0.39 is 11.9 Å². The standard InChI is InChI=1S/C27H21NO6/c1-33-26(31)19-7-6-18-15-21(13-10-17(18)14-19)34-27(32)16-8-11-20(12-9-16)28-24(29)22-4-2-3-5-23(22)25(28)30/h2-3,6-15,22-23H,4-5H2,1H3. The summed E-state index contributed by atoms with van der Waals surface area (Å²) in [5.74, 6) is -1.63. The lowest BCUT2D eigenvalue weighted by Crippen LogP contribution is -2.30. The number of esters is 2. The highest BCUT2D eigenvalue weighted by Gasteiger charge is 2.47. The lowest BCUT2D eigenvalue weighted by Gasteiger charge is -2.15. The van der Waals surface area contributed by atoms with Crippen molar-refractivity contribution >= 4 is 40.2 Å². The average molecular weight is 455 g/mol. The summed E-state index contributed by atoms with van der Waals surface area (Å²) in [6.07, 6.45) is 5.04. The van der Waals surface area contributed by atoms with E-state index in [0.29, 0.717) is 35.4 Å². The first-order valence-electron chi connectivity index (χ1n) is 10.9. The molecule has 7 heteroatoms. The predicted molar refractivity (Wildman–Crippen MR) is 125 cm³/mol. The van der Waals surface area contributed by atoms with Gasteiger partial charge in [-0.05, 0) is 72.1 Å². The first-order chi connectivity index (χ1) is 16.5. The number of amides is 2. The molecule has 5 rings (SSSR count). The van der Waals surface area contributed by atoms with Crippen LogP contribution in [0.2, 0.25) is 0 Å². The summed E-state index contributed by atoms with van der Waals surface area (Å²) in [4.78, 5) is 51.1. The molecule has 3 aromatic rings. The minimum absolute atomic E-state index is 0.193. The molecule has 1 saturated heterocycles. The minimum atomic E-state index is -0.561. The Kier molecular flexibility index (Phi) is 5.45. The largest absolute Gasteiger partial charge is 0.465 e. The SMILES string of the molecule is COC(=O)c1ccc2cc(OC(=O)c3ccc(N4C(=O)C5CC=CCC5C4=O)cc3)ccc2c1. The molecule has 0 N–H and O–H groups in total. The number of imide groups is 1. The van der Waals surface area contributed by atoms with Crippen molar-refractivity contribution < 1.29 is 28.7 Å². The van der Waals surface area contributed by atoms with Gasteiger partial charge in [0.05, 0.1) is 35.8 Å². The second-order valence-corrected chi connectivity index (χ2v) is 8.32.